The summed E-state index contributed by atoms with van der Waals surface area (Å²) in [6.45, 7) is 0.00530. The van der Waals surface area contributed by atoms with Gasteiger partial charge in [0.15, 0.2) is 0 Å². The lowest BCUT2D eigenvalue weighted by atomic mass is 10.2. The number of anilines is 1. The maximum absolute atomic E-state index is 11.9. The lowest BCUT2D eigenvalue weighted by molar-refractivity contribution is 0.287. The maximum atomic E-state index is 11.9. The van der Waals surface area contributed by atoms with Gasteiger partial charge in [-0.25, -0.2) is 8.42 Å². The van der Waals surface area contributed by atoms with Gasteiger partial charge in [0.1, 0.15) is 0 Å². The SMILES string of the molecule is O=S(=O)(CCCCO)Nc1cccc2cccnc12. The van der Waals surface area contributed by atoms with Crippen LogP contribution in [0, 0.1) is 0 Å². The molecule has 0 spiro atoms. The van der Waals surface area contributed by atoms with Crippen molar-refractivity contribution in [1.82, 2.24) is 4.98 Å². The first-order chi connectivity index (χ1) is 9.12. The summed E-state index contributed by atoms with van der Waals surface area (Å²) in [6.07, 6.45) is 2.55. The number of hydrogen-bond acceptors (Lipinski definition) is 4. The van der Waals surface area contributed by atoms with E-state index < -0.39 is 10.0 Å². The van der Waals surface area contributed by atoms with Gasteiger partial charge in [-0.15, -0.1) is 0 Å². The van der Waals surface area contributed by atoms with Crippen LogP contribution < -0.4 is 4.72 Å². The predicted octanol–water partition coefficient (Wildman–Crippen LogP) is 1.75. The van der Waals surface area contributed by atoms with Crippen LogP contribution in [0.1, 0.15) is 12.8 Å². The Balaban J connectivity index is 2.21. The molecule has 0 unspecified atom stereocenters. The fourth-order valence-corrected chi connectivity index (χ4v) is 3.00. The van der Waals surface area contributed by atoms with Gasteiger partial charge in [-0.05, 0) is 25.0 Å². The smallest absolute Gasteiger partial charge is 0.232 e. The summed E-state index contributed by atoms with van der Waals surface area (Å²) in [5, 5.41) is 9.56. The van der Waals surface area contributed by atoms with Crippen LogP contribution in [0.25, 0.3) is 10.9 Å². The summed E-state index contributed by atoms with van der Waals surface area (Å²) >= 11 is 0. The number of nitrogens with zero attached hydrogens (tertiary/aromatic N) is 1. The Morgan fingerprint density at radius 3 is 2.74 bits per heavy atom. The molecule has 1 aromatic carbocycles. The highest BCUT2D eigenvalue weighted by molar-refractivity contribution is 7.92. The van der Waals surface area contributed by atoms with Crippen molar-refractivity contribution in [3.63, 3.8) is 0 Å². The Labute approximate surface area is 112 Å². The van der Waals surface area contributed by atoms with Crippen LogP contribution in [0.15, 0.2) is 36.5 Å². The third-order valence-electron chi connectivity index (χ3n) is 2.72. The first-order valence-electron chi connectivity index (χ1n) is 6.07. The van der Waals surface area contributed by atoms with Crippen molar-refractivity contribution < 1.29 is 13.5 Å². The second kappa shape index (κ2) is 5.99. The van der Waals surface area contributed by atoms with Crippen molar-refractivity contribution in [2.24, 2.45) is 0 Å². The number of rotatable bonds is 6. The number of fused-ring (bicyclic) bond motifs is 1. The molecule has 0 saturated heterocycles. The van der Waals surface area contributed by atoms with E-state index in [9.17, 15) is 8.42 Å². The van der Waals surface area contributed by atoms with Crippen LogP contribution in [0.5, 0.6) is 0 Å². The zero-order chi connectivity index (χ0) is 13.7. The van der Waals surface area contributed by atoms with Crippen LogP contribution in [0.2, 0.25) is 0 Å². The molecule has 2 N–H and O–H groups in total. The van der Waals surface area contributed by atoms with Gasteiger partial charge >= 0.3 is 0 Å². The Morgan fingerprint density at radius 1 is 1.16 bits per heavy atom. The Bertz CT molecular complexity index is 650. The molecule has 2 aromatic rings. The minimum Gasteiger partial charge on any atom is -0.396 e. The molecule has 102 valence electrons. The zero-order valence-corrected chi connectivity index (χ0v) is 11.2. The van der Waals surface area contributed by atoms with Crippen molar-refractivity contribution in [1.29, 1.82) is 0 Å². The number of sulfonamides is 1. The Morgan fingerprint density at radius 2 is 1.95 bits per heavy atom. The van der Waals surface area contributed by atoms with Crippen molar-refractivity contribution in [2.75, 3.05) is 17.1 Å². The van der Waals surface area contributed by atoms with E-state index in [-0.39, 0.29) is 12.4 Å². The summed E-state index contributed by atoms with van der Waals surface area (Å²) in [7, 11) is -3.40. The van der Waals surface area contributed by atoms with Gasteiger partial charge in [0, 0.05) is 18.2 Å². The Kier molecular flexibility index (Phi) is 4.34. The van der Waals surface area contributed by atoms with Gasteiger partial charge < -0.3 is 5.11 Å². The van der Waals surface area contributed by atoms with E-state index in [1.165, 1.54) is 0 Å². The third kappa shape index (κ3) is 3.65. The van der Waals surface area contributed by atoms with E-state index >= 15 is 0 Å². The molecule has 0 radical (unpaired) electrons. The number of pyridine rings is 1. The molecule has 1 heterocycles. The first-order valence-corrected chi connectivity index (χ1v) is 7.73. The molecule has 5 nitrogen and oxygen atoms in total. The average molecular weight is 280 g/mol. The van der Waals surface area contributed by atoms with Crippen LogP contribution in [-0.4, -0.2) is 30.9 Å². The summed E-state index contributed by atoms with van der Waals surface area (Å²) in [4.78, 5) is 4.19. The summed E-state index contributed by atoms with van der Waals surface area (Å²) in [5.74, 6) is -0.00319. The molecule has 0 aliphatic carbocycles. The lowest BCUT2D eigenvalue weighted by Crippen LogP contribution is -2.17. The maximum Gasteiger partial charge on any atom is 0.232 e. The third-order valence-corrected chi connectivity index (χ3v) is 4.08. The monoisotopic (exact) mass is 280 g/mol. The van der Waals surface area contributed by atoms with Gasteiger partial charge in [-0.1, -0.05) is 18.2 Å². The summed E-state index contributed by atoms with van der Waals surface area (Å²) in [6, 6.07) is 9.05. The molecule has 0 aliphatic heterocycles. The van der Waals surface area contributed by atoms with E-state index in [0.717, 1.165) is 5.39 Å². The van der Waals surface area contributed by atoms with Crippen molar-refractivity contribution in [2.45, 2.75) is 12.8 Å². The molecule has 0 fully saturated rings. The minimum atomic E-state index is -3.40. The molecule has 0 aliphatic rings. The quantitative estimate of drug-likeness (QED) is 0.790. The highest BCUT2D eigenvalue weighted by Crippen LogP contribution is 2.21. The molecule has 1 aromatic heterocycles. The molecule has 2 rings (SSSR count). The topological polar surface area (TPSA) is 79.3 Å². The largest absolute Gasteiger partial charge is 0.396 e. The number of para-hydroxylation sites is 1. The van der Waals surface area contributed by atoms with Crippen molar-refractivity contribution >= 4 is 26.6 Å². The highest BCUT2D eigenvalue weighted by Gasteiger charge is 2.12. The predicted molar refractivity (Wildman–Crippen MR) is 75.5 cm³/mol. The van der Waals surface area contributed by atoms with Crippen molar-refractivity contribution in [3.05, 3.63) is 36.5 Å². The van der Waals surface area contributed by atoms with Crippen LogP contribution in [-0.2, 0) is 10.0 Å². The van der Waals surface area contributed by atoms with E-state index in [1.54, 1.807) is 18.3 Å². The average Bonchev–Trinajstić information content (AvgIpc) is 2.39. The Hall–Kier alpha value is -1.66. The number of aliphatic hydroxyl groups is 1. The molecule has 0 atom stereocenters. The van der Waals surface area contributed by atoms with E-state index in [1.807, 2.05) is 18.2 Å². The standard InChI is InChI=1S/C13H16N2O3S/c16-9-1-2-10-19(17,18)15-12-7-3-5-11-6-4-8-14-13(11)12/h3-8,15-16H,1-2,9-10H2. The number of unbranched alkanes of at least 4 members (excludes halogenated alkanes) is 1. The normalized spacial score (nSPS) is 11.6. The fourth-order valence-electron chi connectivity index (χ4n) is 1.81. The number of aliphatic hydroxyl groups excluding tert-OH is 1. The summed E-state index contributed by atoms with van der Waals surface area (Å²) < 4.78 is 26.3. The molecule has 19 heavy (non-hydrogen) atoms. The molecular formula is C13H16N2O3S. The summed E-state index contributed by atoms with van der Waals surface area (Å²) in [5.41, 5.74) is 1.12. The highest BCUT2D eigenvalue weighted by atomic mass is 32.2. The lowest BCUT2D eigenvalue weighted by Gasteiger charge is -2.09. The number of hydrogen-bond donors (Lipinski definition) is 2. The molecule has 6 heteroatoms. The van der Waals surface area contributed by atoms with Gasteiger partial charge in [0.05, 0.1) is 17.0 Å². The van der Waals surface area contributed by atoms with Gasteiger partial charge in [-0.2, -0.15) is 0 Å². The van der Waals surface area contributed by atoms with Gasteiger partial charge in [0.25, 0.3) is 0 Å². The van der Waals surface area contributed by atoms with E-state index in [0.29, 0.717) is 24.0 Å². The van der Waals surface area contributed by atoms with Gasteiger partial charge in [0.2, 0.25) is 10.0 Å². The number of benzene rings is 1. The second-order valence-electron chi connectivity index (χ2n) is 4.23. The molecule has 0 amide bonds. The zero-order valence-electron chi connectivity index (χ0n) is 10.4. The van der Waals surface area contributed by atoms with Crippen molar-refractivity contribution in [3.8, 4) is 0 Å². The van der Waals surface area contributed by atoms with E-state index in [4.69, 9.17) is 5.11 Å². The van der Waals surface area contributed by atoms with Crippen LogP contribution in [0.4, 0.5) is 5.69 Å². The number of nitrogens with one attached hydrogen (secondary N) is 1. The molecule has 0 saturated carbocycles. The molecule has 0 bridgehead atoms. The first kappa shape index (κ1) is 13.8. The number of aromatic nitrogens is 1. The van der Waals surface area contributed by atoms with Crippen LogP contribution >= 0.6 is 0 Å². The van der Waals surface area contributed by atoms with Crippen LogP contribution in [0.3, 0.4) is 0 Å². The minimum absolute atomic E-state index is 0.00319. The fraction of sp³-hybridized carbons (Fsp3) is 0.308. The van der Waals surface area contributed by atoms with Gasteiger partial charge in [-0.3, -0.25) is 9.71 Å². The second-order valence-corrected chi connectivity index (χ2v) is 6.07. The van der Waals surface area contributed by atoms with E-state index in [2.05, 4.69) is 9.71 Å². The molecular weight excluding hydrogens is 264 g/mol.